The van der Waals surface area contributed by atoms with Gasteiger partial charge in [0.25, 0.3) is 0 Å². The van der Waals surface area contributed by atoms with E-state index in [-0.39, 0.29) is 11.3 Å². The van der Waals surface area contributed by atoms with Gasteiger partial charge in [-0.3, -0.25) is 4.79 Å². The molecular weight excluding hydrogens is 376 g/mol. The van der Waals surface area contributed by atoms with Crippen LogP contribution in [0.3, 0.4) is 0 Å². The summed E-state index contributed by atoms with van der Waals surface area (Å²) < 4.78 is 5.68. The molecule has 168 valence electrons. The number of anilines is 1. The molecule has 1 amide bonds. The van der Waals surface area contributed by atoms with E-state index in [1.807, 2.05) is 12.3 Å². The van der Waals surface area contributed by atoms with Crippen molar-refractivity contribution in [1.82, 2.24) is 15.6 Å². The number of amides is 1. The maximum absolute atomic E-state index is 12.0. The molecule has 0 saturated heterocycles. The van der Waals surface area contributed by atoms with Crippen molar-refractivity contribution in [3.63, 3.8) is 0 Å². The van der Waals surface area contributed by atoms with Crippen LogP contribution >= 0.6 is 0 Å². The summed E-state index contributed by atoms with van der Waals surface area (Å²) in [7, 11) is 0. The number of carbonyl (C=O) groups excluding carboxylic acids is 1. The van der Waals surface area contributed by atoms with Gasteiger partial charge in [0.15, 0.2) is 11.6 Å². The van der Waals surface area contributed by atoms with Gasteiger partial charge in [-0.2, -0.15) is 0 Å². The van der Waals surface area contributed by atoms with E-state index in [4.69, 9.17) is 4.74 Å². The van der Waals surface area contributed by atoms with E-state index in [9.17, 15) is 4.79 Å². The minimum Gasteiger partial charge on any atom is -0.489 e. The lowest BCUT2D eigenvalue weighted by atomic mass is 9.80. The van der Waals surface area contributed by atoms with Crippen molar-refractivity contribution in [2.75, 3.05) is 38.1 Å². The van der Waals surface area contributed by atoms with Crippen LogP contribution < -0.4 is 20.7 Å². The molecule has 1 aliphatic carbocycles. The Morgan fingerprint density at radius 3 is 2.67 bits per heavy atom. The molecular formula is C24H40N4O2. The number of fused-ring (bicyclic) bond motifs is 1. The number of ether oxygens (including phenoxy) is 1. The zero-order valence-corrected chi connectivity index (χ0v) is 19.1. The second kappa shape index (κ2) is 11.0. The summed E-state index contributed by atoms with van der Waals surface area (Å²) in [4.78, 5) is 16.4. The van der Waals surface area contributed by atoms with Crippen LogP contribution in [0.25, 0.3) is 0 Å². The molecule has 0 atom stereocenters. The number of aromatic nitrogens is 1. The number of hydrogen-bond acceptors (Lipinski definition) is 5. The third-order valence-electron chi connectivity index (χ3n) is 6.17. The zero-order valence-electron chi connectivity index (χ0n) is 19.1. The van der Waals surface area contributed by atoms with Gasteiger partial charge in [0.05, 0.1) is 6.61 Å². The van der Waals surface area contributed by atoms with Crippen molar-refractivity contribution < 1.29 is 9.53 Å². The van der Waals surface area contributed by atoms with E-state index in [0.29, 0.717) is 12.3 Å². The highest BCUT2D eigenvalue weighted by molar-refractivity contribution is 5.76. The molecule has 6 nitrogen and oxygen atoms in total. The molecule has 0 aromatic carbocycles. The number of nitrogens with one attached hydrogen (secondary N) is 3. The summed E-state index contributed by atoms with van der Waals surface area (Å²) in [6.45, 7) is 10.8. The quantitative estimate of drug-likeness (QED) is 0.506. The lowest BCUT2D eigenvalue weighted by molar-refractivity contribution is -0.123. The number of pyridine rings is 1. The fourth-order valence-electron chi connectivity index (χ4n) is 4.46. The van der Waals surface area contributed by atoms with Gasteiger partial charge in [0.1, 0.15) is 0 Å². The highest BCUT2D eigenvalue weighted by atomic mass is 16.5. The molecule has 30 heavy (non-hydrogen) atoms. The van der Waals surface area contributed by atoms with Gasteiger partial charge in [-0.05, 0) is 49.1 Å². The van der Waals surface area contributed by atoms with Crippen molar-refractivity contribution in [3.05, 3.63) is 17.8 Å². The van der Waals surface area contributed by atoms with Crippen LogP contribution in [-0.2, 0) is 11.2 Å². The van der Waals surface area contributed by atoms with Crippen LogP contribution in [-0.4, -0.2) is 43.7 Å². The average molecular weight is 417 g/mol. The van der Waals surface area contributed by atoms with E-state index in [2.05, 4.69) is 41.7 Å². The van der Waals surface area contributed by atoms with Gasteiger partial charge < -0.3 is 20.7 Å². The van der Waals surface area contributed by atoms with Gasteiger partial charge >= 0.3 is 0 Å². The molecule has 1 aliphatic heterocycles. The Labute approximate surface area is 181 Å². The maximum atomic E-state index is 12.0. The first-order valence-corrected chi connectivity index (χ1v) is 11.7. The van der Waals surface area contributed by atoms with Gasteiger partial charge in [-0.1, -0.05) is 33.6 Å². The third-order valence-corrected chi connectivity index (χ3v) is 6.17. The predicted molar refractivity (Wildman–Crippen MR) is 122 cm³/mol. The fraction of sp³-hybridized carbons (Fsp3) is 0.750. The van der Waals surface area contributed by atoms with Crippen molar-refractivity contribution in [2.24, 2.45) is 17.3 Å². The lowest BCUT2D eigenvalue weighted by Crippen LogP contribution is -2.33. The molecule has 6 heteroatoms. The standard InChI is InChI=1S/C24H40N4O2/c1-24(2,3)16-21(29)28-17-19-6-4-18(5-7-19)8-11-25-13-14-27-23-22-20(9-12-26-23)10-15-30-22/h9,12,18-19,25H,4-8,10-11,13-17H2,1-3H3,(H,26,27)(H,28,29). The van der Waals surface area contributed by atoms with E-state index < -0.39 is 0 Å². The van der Waals surface area contributed by atoms with Gasteiger partial charge in [0.2, 0.25) is 5.91 Å². The number of carbonyl (C=O) groups is 1. The summed E-state index contributed by atoms with van der Waals surface area (Å²) >= 11 is 0. The first kappa shape index (κ1) is 22.9. The first-order chi connectivity index (χ1) is 14.4. The zero-order chi connectivity index (χ0) is 21.4. The van der Waals surface area contributed by atoms with Gasteiger partial charge in [-0.25, -0.2) is 4.98 Å². The molecule has 1 aromatic heterocycles. The van der Waals surface area contributed by atoms with Crippen LogP contribution in [0.5, 0.6) is 5.75 Å². The Morgan fingerprint density at radius 1 is 1.13 bits per heavy atom. The minimum atomic E-state index is 0.0652. The molecule has 0 unspecified atom stereocenters. The summed E-state index contributed by atoms with van der Waals surface area (Å²) in [6.07, 6.45) is 9.75. The Kier molecular flexibility index (Phi) is 8.37. The molecule has 2 heterocycles. The third kappa shape index (κ3) is 7.46. The van der Waals surface area contributed by atoms with Crippen molar-refractivity contribution >= 4 is 11.7 Å². The minimum absolute atomic E-state index is 0.0652. The summed E-state index contributed by atoms with van der Waals surface area (Å²) in [5.74, 6) is 3.48. The van der Waals surface area contributed by atoms with Crippen LogP contribution in [0.15, 0.2) is 12.3 Å². The molecule has 0 bridgehead atoms. The van der Waals surface area contributed by atoms with Gasteiger partial charge in [-0.15, -0.1) is 0 Å². The largest absolute Gasteiger partial charge is 0.489 e. The average Bonchev–Trinajstić information content (AvgIpc) is 3.18. The molecule has 0 spiro atoms. The van der Waals surface area contributed by atoms with Crippen molar-refractivity contribution in [2.45, 2.75) is 65.7 Å². The highest BCUT2D eigenvalue weighted by Crippen LogP contribution is 2.31. The summed E-state index contributed by atoms with van der Waals surface area (Å²) in [5, 5.41) is 10.1. The fourth-order valence-corrected chi connectivity index (χ4v) is 4.46. The molecule has 1 fully saturated rings. The second-order valence-electron chi connectivity index (χ2n) is 10.1. The molecule has 0 radical (unpaired) electrons. The normalized spacial score (nSPS) is 21.0. The van der Waals surface area contributed by atoms with Crippen LogP contribution in [0.2, 0.25) is 0 Å². The number of rotatable bonds is 10. The smallest absolute Gasteiger partial charge is 0.220 e. The molecule has 3 rings (SSSR count). The Hall–Kier alpha value is -1.82. The summed E-state index contributed by atoms with van der Waals surface area (Å²) in [5.41, 5.74) is 1.32. The lowest BCUT2D eigenvalue weighted by Gasteiger charge is -2.29. The molecule has 3 N–H and O–H groups in total. The van der Waals surface area contributed by atoms with E-state index in [0.717, 1.165) is 56.7 Å². The monoisotopic (exact) mass is 416 g/mol. The molecule has 1 saturated carbocycles. The summed E-state index contributed by atoms with van der Waals surface area (Å²) in [6, 6.07) is 2.04. The van der Waals surface area contributed by atoms with Crippen molar-refractivity contribution in [1.29, 1.82) is 0 Å². The Balaban J connectivity index is 1.21. The molecule has 2 aliphatic rings. The van der Waals surface area contributed by atoms with E-state index >= 15 is 0 Å². The van der Waals surface area contributed by atoms with Crippen LogP contribution in [0.1, 0.15) is 64.9 Å². The SMILES string of the molecule is CC(C)(C)CC(=O)NCC1CCC(CCNCCNc2nccc3c2OCC3)CC1. The second-order valence-corrected chi connectivity index (χ2v) is 10.1. The van der Waals surface area contributed by atoms with E-state index in [1.165, 1.54) is 37.7 Å². The first-order valence-electron chi connectivity index (χ1n) is 11.7. The van der Waals surface area contributed by atoms with Crippen LogP contribution in [0, 0.1) is 17.3 Å². The topological polar surface area (TPSA) is 75.3 Å². The Bertz CT molecular complexity index is 678. The highest BCUT2D eigenvalue weighted by Gasteiger charge is 2.22. The van der Waals surface area contributed by atoms with E-state index in [1.54, 1.807) is 0 Å². The number of hydrogen-bond donors (Lipinski definition) is 3. The number of nitrogens with zero attached hydrogens (tertiary/aromatic N) is 1. The predicted octanol–water partition coefficient (Wildman–Crippen LogP) is 3.77. The molecule has 1 aromatic rings. The maximum Gasteiger partial charge on any atom is 0.220 e. The van der Waals surface area contributed by atoms with Gasteiger partial charge in [0, 0.05) is 44.2 Å². The van der Waals surface area contributed by atoms with Crippen molar-refractivity contribution in [3.8, 4) is 5.75 Å². The van der Waals surface area contributed by atoms with Crippen LogP contribution in [0.4, 0.5) is 5.82 Å². The Morgan fingerprint density at radius 2 is 1.90 bits per heavy atom.